The van der Waals surface area contributed by atoms with Gasteiger partial charge in [-0.05, 0) is 24.9 Å². The number of hydrogen-bond donors (Lipinski definition) is 1. The number of rotatable bonds is 1. The average Bonchev–Trinajstić information content (AvgIpc) is 2.48. The molecule has 0 amide bonds. The van der Waals surface area contributed by atoms with Gasteiger partial charge in [0.2, 0.25) is 0 Å². The van der Waals surface area contributed by atoms with Gasteiger partial charge in [0, 0.05) is 7.05 Å². The molecular formula is C9H13N3S. The summed E-state index contributed by atoms with van der Waals surface area (Å²) in [6, 6.07) is 0. The average molecular weight is 195 g/mol. The second kappa shape index (κ2) is 3.12. The van der Waals surface area contributed by atoms with Crippen LogP contribution in [0.2, 0.25) is 0 Å². The molecule has 0 aromatic carbocycles. The maximum Gasteiger partial charge on any atom is 0.117 e. The van der Waals surface area contributed by atoms with Gasteiger partial charge in [0.25, 0.3) is 0 Å². The lowest BCUT2D eigenvalue weighted by Gasteiger charge is -2.28. The van der Waals surface area contributed by atoms with Crippen LogP contribution in [0.1, 0.15) is 16.6 Å². The molecule has 0 spiro atoms. The van der Waals surface area contributed by atoms with E-state index in [1.807, 2.05) is 20.4 Å². The van der Waals surface area contributed by atoms with Crippen molar-refractivity contribution in [2.45, 2.75) is 13.1 Å². The quantitative estimate of drug-likeness (QED) is 0.741. The van der Waals surface area contributed by atoms with Crippen LogP contribution in [0.25, 0.3) is 0 Å². The molecule has 1 aromatic rings. The van der Waals surface area contributed by atoms with Crippen LogP contribution in [0.3, 0.4) is 0 Å². The summed E-state index contributed by atoms with van der Waals surface area (Å²) < 4.78 is 0. The van der Waals surface area contributed by atoms with Crippen LogP contribution in [0, 0.1) is 6.92 Å². The largest absolute Gasteiger partial charge is 0.345 e. The van der Waals surface area contributed by atoms with Gasteiger partial charge in [0.05, 0.1) is 16.9 Å². The molecule has 3 nitrogen and oxygen atoms in total. The van der Waals surface area contributed by atoms with Gasteiger partial charge in [-0.2, -0.15) is 0 Å². The third-order valence-electron chi connectivity index (χ3n) is 2.27. The van der Waals surface area contributed by atoms with E-state index in [-0.39, 0.29) is 6.17 Å². The lowest BCUT2D eigenvalue weighted by atomic mass is 10.2. The number of thiophene rings is 1. The number of nitrogens with one attached hydrogen (secondary N) is 1. The van der Waals surface area contributed by atoms with Gasteiger partial charge in [-0.15, -0.1) is 11.3 Å². The molecule has 1 atom stereocenters. The standard InChI is InChI=1S/C9H13N3S/c1-6-4-13-8-7(6)11-5-12(3)9(8)10-2/h4-5,9-10H,1-3H3. The summed E-state index contributed by atoms with van der Waals surface area (Å²) in [6.07, 6.45) is 2.16. The first kappa shape index (κ1) is 8.72. The third-order valence-corrected chi connectivity index (χ3v) is 3.41. The lowest BCUT2D eigenvalue weighted by Crippen LogP contribution is -2.33. The Hall–Kier alpha value is -0.870. The maximum atomic E-state index is 4.40. The Balaban J connectivity index is 2.48. The molecule has 70 valence electrons. The van der Waals surface area contributed by atoms with E-state index in [0.29, 0.717) is 0 Å². The predicted octanol–water partition coefficient (Wildman–Crippen LogP) is 1.88. The summed E-state index contributed by atoms with van der Waals surface area (Å²) in [4.78, 5) is 7.79. The van der Waals surface area contributed by atoms with E-state index in [1.54, 1.807) is 11.3 Å². The first-order valence-corrected chi connectivity index (χ1v) is 5.13. The highest BCUT2D eigenvalue weighted by Gasteiger charge is 2.22. The first-order valence-electron chi connectivity index (χ1n) is 4.25. The highest BCUT2D eigenvalue weighted by atomic mass is 32.1. The molecule has 0 saturated carbocycles. The number of nitrogens with zero attached hydrogens (tertiary/aromatic N) is 2. The van der Waals surface area contributed by atoms with E-state index in [4.69, 9.17) is 0 Å². The van der Waals surface area contributed by atoms with Crippen LogP contribution >= 0.6 is 11.3 Å². The Bertz CT molecular complexity index is 343. The zero-order chi connectivity index (χ0) is 9.42. The van der Waals surface area contributed by atoms with Crippen molar-refractivity contribution in [2.75, 3.05) is 14.1 Å². The van der Waals surface area contributed by atoms with Crippen molar-refractivity contribution < 1.29 is 0 Å². The number of fused-ring (bicyclic) bond motifs is 1. The van der Waals surface area contributed by atoms with Crippen molar-refractivity contribution in [1.82, 2.24) is 10.2 Å². The smallest absolute Gasteiger partial charge is 0.117 e. The van der Waals surface area contributed by atoms with Crippen molar-refractivity contribution in [3.63, 3.8) is 0 Å². The van der Waals surface area contributed by atoms with E-state index in [2.05, 4.69) is 27.5 Å². The Morgan fingerprint density at radius 1 is 1.62 bits per heavy atom. The molecule has 4 heteroatoms. The lowest BCUT2D eigenvalue weighted by molar-refractivity contribution is 0.341. The Labute approximate surface area is 82.1 Å². The van der Waals surface area contributed by atoms with E-state index < -0.39 is 0 Å². The van der Waals surface area contributed by atoms with E-state index in [0.717, 1.165) is 5.69 Å². The molecule has 1 aliphatic heterocycles. The minimum atomic E-state index is 0.284. The fourth-order valence-electron chi connectivity index (χ4n) is 1.55. The summed E-state index contributed by atoms with van der Waals surface area (Å²) >= 11 is 1.77. The Morgan fingerprint density at radius 3 is 3.08 bits per heavy atom. The zero-order valence-electron chi connectivity index (χ0n) is 8.03. The SMILES string of the molecule is CNC1c2scc(C)c2N=CN1C. The fraction of sp³-hybridized carbons (Fsp3) is 0.444. The van der Waals surface area contributed by atoms with Gasteiger partial charge < -0.3 is 4.90 Å². The van der Waals surface area contributed by atoms with Crippen LogP contribution < -0.4 is 5.32 Å². The van der Waals surface area contributed by atoms with Gasteiger partial charge in [-0.25, -0.2) is 4.99 Å². The van der Waals surface area contributed by atoms with E-state index in [9.17, 15) is 0 Å². The third kappa shape index (κ3) is 1.26. The molecule has 0 fully saturated rings. The van der Waals surface area contributed by atoms with Crippen molar-refractivity contribution in [1.29, 1.82) is 0 Å². The van der Waals surface area contributed by atoms with E-state index in [1.165, 1.54) is 10.4 Å². The summed E-state index contributed by atoms with van der Waals surface area (Å²) in [5.74, 6) is 0. The molecule has 13 heavy (non-hydrogen) atoms. The molecule has 1 aliphatic rings. The first-order chi connectivity index (χ1) is 6.24. The molecule has 1 unspecified atom stereocenters. The topological polar surface area (TPSA) is 27.6 Å². The second-order valence-corrected chi connectivity index (χ2v) is 4.14. The molecule has 2 heterocycles. The molecule has 1 aromatic heterocycles. The van der Waals surface area contributed by atoms with Crippen molar-refractivity contribution in [3.05, 3.63) is 15.8 Å². The van der Waals surface area contributed by atoms with Crippen LogP contribution in [-0.2, 0) is 0 Å². The molecule has 0 radical (unpaired) electrons. The van der Waals surface area contributed by atoms with Crippen LogP contribution in [-0.4, -0.2) is 25.3 Å². The van der Waals surface area contributed by atoms with Crippen LogP contribution in [0.4, 0.5) is 5.69 Å². The van der Waals surface area contributed by atoms with Crippen LogP contribution in [0.15, 0.2) is 10.4 Å². The monoisotopic (exact) mass is 195 g/mol. The van der Waals surface area contributed by atoms with Gasteiger partial charge in [0.1, 0.15) is 6.17 Å². The molecule has 0 bridgehead atoms. The van der Waals surface area contributed by atoms with Gasteiger partial charge >= 0.3 is 0 Å². The zero-order valence-corrected chi connectivity index (χ0v) is 8.85. The summed E-state index contributed by atoms with van der Waals surface area (Å²) in [5, 5.41) is 5.43. The highest BCUT2D eigenvalue weighted by molar-refractivity contribution is 7.10. The minimum absolute atomic E-state index is 0.284. The van der Waals surface area contributed by atoms with Crippen LogP contribution in [0.5, 0.6) is 0 Å². The normalized spacial score (nSPS) is 20.5. The van der Waals surface area contributed by atoms with E-state index >= 15 is 0 Å². The second-order valence-electron chi connectivity index (χ2n) is 3.23. The van der Waals surface area contributed by atoms with Crippen molar-refractivity contribution in [2.24, 2.45) is 4.99 Å². The summed E-state index contributed by atoms with van der Waals surface area (Å²) in [5.41, 5.74) is 2.41. The van der Waals surface area contributed by atoms with Gasteiger partial charge in [-0.3, -0.25) is 5.32 Å². The van der Waals surface area contributed by atoms with Gasteiger partial charge in [0.15, 0.2) is 0 Å². The van der Waals surface area contributed by atoms with Crippen molar-refractivity contribution >= 4 is 23.4 Å². The predicted molar refractivity (Wildman–Crippen MR) is 56.8 cm³/mol. The molecular weight excluding hydrogens is 182 g/mol. The number of hydrogen-bond acceptors (Lipinski definition) is 4. The molecule has 1 N–H and O–H groups in total. The Kier molecular flexibility index (Phi) is 2.09. The minimum Gasteiger partial charge on any atom is -0.345 e. The maximum absolute atomic E-state index is 4.40. The highest BCUT2D eigenvalue weighted by Crippen LogP contribution is 2.38. The molecule has 2 rings (SSSR count). The molecule has 0 saturated heterocycles. The fourth-order valence-corrected chi connectivity index (χ4v) is 2.71. The number of aliphatic imine (C=N–C) groups is 1. The summed E-state index contributed by atoms with van der Waals surface area (Å²) in [7, 11) is 4.00. The van der Waals surface area contributed by atoms with Gasteiger partial charge in [-0.1, -0.05) is 0 Å². The number of aryl methyl sites for hydroxylation is 1. The Morgan fingerprint density at radius 2 is 2.38 bits per heavy atom. The van der Waals surface area contributed by atoms with Crippen molar-refractivity contribution in [3.8, 4) is 0 Å². The summed E-state index contributed by atoms with van der Waals surface area (Å²) in [6.45, 7) is 2.10. The molecule has 0 aliphatic carbocycles.